The van der Waals surface area contributed by atoms with Gasteiger partial charge in [0.1, 0.15) is 0 Å². The third-order valence-electron chi connectivity index (χ3n) is 10.6. The van der Waals surface area contributed by atoms with Crippen LogP contribution in [0.3, 0.4) is 0 Å². The number of fused-ring (bicyclic) bond motifs is 2. The first kappa shape index (κ1) is 38.6. The summed E-state index contributed by atoms with van der Waals surface area (Å²) in [6, 6.07) is 50.4. The molecule has 0 nitrogen and oxygen atoms in total. The summed E-state index contributed by atoms with van der Waals surface area (Å²) in [7, 11) is -2.22. The highest BCUT2D eigenvalue weighted by Gasteiger charge is 2.32. The van der Waals surface area contributed by atoms with Crippen molar-refractivity contribution in [2.24, 2.45) is 0 Å². The number of aryl methyl sites for hydroxylation is 8. The highest BCUT2D eigenvalue weighted by molar-refractivity contribution is 7.81. The molecule has 8 aromatic carbocycles. The average Bonchev–Trinajstić information content (AvgIpc) is 3.13. The Morgan fingerprint density at radius 3 is 1.16 bits per heavy atom. The zero-order chi connectivity index (χ0) is 39.4. The highest BCUT2D eigenvalue weighted by atomic mass is 35.5. The van der Waals surface area contributed by atoms with Crippen molar-refractivity contribution in [1.82, 2.24) is 0 Å². The van der Waals surface area contributed by atoms with E-state index in [9.17, 15) is 0 Å². The fourth-order valence-corrected chi connectivity index (χ4v) is 15.2. The predicted molar refractivity (Wildman–Crippen MR) is 252 cm³/mol. The minimum Gasteiger partial charge on any atom is -0.0820 e. The summed E-state index contributed by atoms with van der Waals surface area (Å²) in [4.78, 5) is 0. The van der Waals surface area contributed by atoms with Gasteiger partial charge in [-0.25, -0.2) is 0 Å². The summed E-state index contributed by atoms with van der Waals surface area (Å²) >= 11 is 15.4. The molecule has 0 aliphatic rings. The second-order valence-electron chi connectivity index (χ2n) is 15.6. The second kappa shape index (κ2) is 15.6. The molecule has 8 aromatic rings. The van der Waals surface area contributed by atoms with Gasteiger partial charge in [0.2, 0.25) is 0 Å². The molecule has 0 bridgehead atoms. The Morgan fingerprint density at radius 1 is 0.339 bits per heavy atom. The van der Waals surface area contributed by atoms with Gasteiger partial charge in [0.25, 0.3) is 0 Å². The first-order chi connectivity index (χ1) is 26.9. The van der Waals surface area contributed by atoms with Crippen molar-refractivity contribution < 1.29 is 0 Å². The maximum Gasteiger partial charge on any atom is 0.0688 e. The lowest BCUT2D eigenvalue weighted by atomic mass is 9.93. The van der Waals surface area contributed by atoms with Crippen LogP contribution < -0.4 is 31.8 Å². The Bertz CT molecular complexity index is 2650. The molecule has 0 saturated heterocycles. The van der Waals surface area contributed by atoms with E-state index in [1.807, 2.05) is 0 Å². The summed E-state index contributed by atoms with van der Waals surface area (Å²) in [5, 5.41) is 13.4. The van der Waals surface area contributed by atoms with Crippen molar-refractivity contribution in [3.63, 3.8) is 0 Å². The standard InChI is InChI=1S/C52H46Cl2P2/c1-31-19-32(2)24-40(23-31)55(41-25-33(3)20-34(4)26-41)47-18-17-39-13-9-10-14-44(39)48(47)49-45-15-11-12-16-46(45)50(53)51(54)52(49)56(42-27-35(5)21-36(6)28-42)43-29-37(7)22-38(8)30-43/h9-30H,1-8H3. The molecule has 0 aliphatic heterocycles. The van der Waals surface area contributed by atoms with Crippen LogP contribution in [0.2, 0.25) is 10.0 Å². The minimum absolute atomic E-state index is 0.606. The molecule has 0 atom stereocenters. The average molecular weight is 804 g/mol. The van der Waals surface area contributed by atoms with Crippen LogP contribution in [0.5, 0.6) is 0 Å². The smallest absolute Gasteiger partial charge is 0.0688 e. The SMILES string of the molecule is Cc1cc(C)cc(P(c2cc(C)cc(C)c2)c2ccc3ccccc3c2-c2c(P(c3cc(C)cc(C)c3)c3cc(C)cc(C)c3)c(Cl)c(Cl)c3ccccc23)c1. The topological polar surface area (TPSA) is 0 Å². The first-order valence-corrected chi connectivity index (χ1v) is 22.7. The quantitative estimate of drug-likeness (QED) is 0.141. The van der Waals surface area contributed by atoms with Gasteiger partial charge >= 0.3 is 0 Å². The Labute approximate surface area is 345 Å². The van der Waals surface area contributed by atoms with E-state index in [0.29, 0.717) is 10.0 Å². The fraction of sp³-hybridized carbons (Fsp3) is 0.154. The number of halogens is 2. The molecule has 0 amide bonds. The molecule has 0 unspecified atom stereocenters. The van der Waals surface area contributed by atoms with Crippen LogP contribution in [0.25, 0.3) is 32.7 Å². The van der Waals surface area contributed by atoms with Gasteiger partial charge in [-0.3, -0.25) is 0 Å². The molecule has 8 rings (SSSR count). The maximum atomic E-state index is 7.87. The van der Waals surface area contributed by atoms with E-state index in [0.717, 1.165) is 16.1 Å². The Kier molecular flexibility index (Phi) is 10.7. The van der Waals surface area contributed by atoms with E-state index in [2.05, 4.69) is 189 Å². The van der Waals surface area contributed by atoms with Gasteiger partial charge in [-0.05, 0) is 119 Å². The molecule has 278 valence electrons. The summed E-state index contributed by atoms with van der Waals surface area (Å²) in [6.45, 7) is 17.7. The molecule has 0 spiro atoms. The molecule has 0 aliphatic carbocycles. The van der Waals surface area contributed by atoms with Crippen molar-refractivity contribution in [1.29, 1.82) is 0 Å². The van der Waals surface area contributed by atoms with Crippen LogP contribution in [0.15, 0.2) is 133 Å². The van der Waals surface area contributed by atoms with Crippen LogP contribution in [0.4, 0.5) is 0 Å². The van der Waals surface area contributed by atoms with Crippen LogP contribution in [0.1, 0.15) is 44.5 Å². The molecular formula is C52H46Cl2P2. The largest absolute Gasteiger partial charge is 0.0820 e. The highest BCUT2D eigenvalue weighted by Crippen LogP contribution is 2.50. The molecule has 0 fully saturated rings. The zero-order valence-electron chi connectivity index (χ0n) is 33.4. The Morgan fingerprint density at radius 2 is 0.714 bits per heavy atom. The van der Waals surface area contributed by atoms with Gasteiger partial charge in [-0.2, -0.15) is 0 Å². The van der Waals surface area contributed by atoms with Gasteiger partial charge in [-0.15, -0.1) is 0 Å². The number of benzene rings is 8. The van der Waals surface area contributed by atoms with Gasteiger partial charge in [0.05, 0.1) is 10.0 Å². The van der Waals surface area contributed by atoms with Gasteiger partial charge < -0.3 is 0 Å². The normalized spacial score (nSPS) is 11.7. The van der Waals surface area contributed by atoms with Crippen LogP contribution in [0, 0.1) is 55.4 Å². The lowest BCUT2D eigenvalue weighted by Gasteiger charge is -2.30. The van der Waals surface area contributed by atoms with Crippen molar-refractivity contribution in [3.8, 4) is 11.1 Å². The van der Waals surface area contributed by atoms with E-state index in [4.69, 9.17) is 23.2 Å². The molecule has 0 radical (unpaired) electrons. The van der Waals surface area contributed by atoms with E-state index in [1.165, 1.54) is 92.9 Å². The number of hydrogen-bond acceptors (Lipinski definition) is 0. The van der Waals surface area contributed by atoms with E-state index in [1.54, 1.807) is 0 Å². The molecule has 4 heteroatoms. The summed E-state index contributed by atoms with van der Waals surface area (Å²) in [5.74, 6) is 0. The monoisotopic (exact) mass is 802 g/mol. The van der Waals surface area contributed by atoms with Crippen LogP contribution in [-0.4, -0.2) is 0 Å². The zero-order valence-corrected chi connectivity index (χ0v) is 36.7. The van der Waals surface area contributed by atoms with E-state index >= 15 is 0 Å². The van der Waals surface area contributed by atoms with Crippen LogP contribution >= 0.6 is 39.0 Å². The van der Waals surface area contributed by atoms with E-state index < -0.39 is 15.8 Å². The Hall–Kier alpha value is -4.28. The lowest BCUT2D eigenvalue weighted by molar-refractivity contribution is 1.40. The number of hydrogen-bond donors (Lipinski definition) is 0. The second-order valence-corrected chi connectivity index (χ2v) is 20.7. The number of rotatable bonds is 7. The Balaban J connectivity index is 1.61. The fourth-order valence-electron chi connectivity index (χ4n) is 8.68. The third-order valence-corrected chi connectivity index (χ3v) is 16.4. The van der Waals surface area contributed by atoms with Gasteiger partial charge in [0, 0.05) is 16.3 Å². The van der Waals surface area contributed by atoms with Gasteiger partial charge in [-0.1, -0.05) is 201 Å². The molecule has 0 saturated carbocycles. The summed E-state index contributed by atoms with van der Waals surface area (Å²) < 4.78 is 0. The van der Waals surface area contributed by atoms with Crippen molar-refractivity contribution in [3.05, 3.63) is 188 Å². The lowest BCUT2D eigenvalue weighted by Crippen LogP contribution is -2.28. The molecule has 0 heterocycles. The molecule has 56 heavy (non-hydrogen) atoms. The maximum absolute atomic E-state index is 7.87. The predicted octanol–water partition coefficient (Wildman–Crippen LogP) is 13.0. The van der Waals surface area contributed by atoms with Gasteiger partial charge in [0.15, 0.2) is 0 Å². The van der Waals surface area contributed by atoms with Crippen LogP contribution in [-0.2, 0) is 0 Å². The molecule has 0 N–H and O–H groups in total. The summed E-state index contributed by atoms with van der Waals surface area (Å²) in [6.07, 6.45) is 0. The van der Waals surface area contributed by atoms with Crippen molar-refractivity contribution in [2.45, 2.75) is 55.4 Å². The van der Waals surface area contributed by atoms with Crippen molar-refractivity contribution >= 4 is 92.4 Å². The van der Waals surface area contributed by atoms with Crippen molar-refractivity contribution in [2.75, 3.05) is 0 Å². The minimum atomic E-state index is -1.19. The van der Waals surface area contributed by atoms with E-state index in [-0.39, 0.29) is 0 Å². The molecule has 0 aromatic heterocycles. The first-order valence-electron chi connectivity index (χ1n) is 19.2. The summed E-state index contributed by atoms with van der Waals surface area (Å²) in [5.41, 5.74) is 12.4. The third kappa shape index (κ3) is 7.35. The molecular weight excluding hydrogens is 757 g/mol.